The van der Waals surface area contributed by atoms with E-state index in [1.807, 2.05) is 0 Å². The zero-order valence-electron chi connectivity index (χ0n) is 47.2. The molecule has 0 radical (unpaired) electrons. The largest absolute Gasteiger partial charge is 0.496 e. The quantitative estimate of drug-likeness (QED) is 0.268. The molecule has 41 heavy (non-hydrogen) atoms. The molecule has 9 nitrogen and oxygen atoms in total. The average Bonchev–Trinajstić information content (AvgIpc) is 3.57. The van der Waals surface area contributed by atoms with Crippen LogP contribution in [0.15, 0.2) is 71.5 Å². The number of rotatable bonds is 8. The van der Waals surface area contributed by atoms with Gasteiger partial charge in [0, 0.05) is 58.1 Å². The van der Waals surface area contributed by atoms with Crippen LogP contribution in [0.5, 0.6) is 5.75 Å². The molecule has 1 fully saturated rings. The number of sulfonamides is 1. The summed E-state index contributed by atoms with van der Waals surface area (Å²) in [6.07, 6.45) is -17.5. The zero-order chi connectivity index (χ0) is 52.5. The maximum absolute atomic E-state index is 13.8. The van der Waals surface area contributed by atoms with Crippen LogP contribution >= 0.6 is 0 Å². The molecule has 0 atom stereocenters. The van der Waals surface area contributed by atoms with E-state index in [0.717, 1.165) is 0 Å². The van der Waals surface area contributed by atoms with Gasteiger partial charge in [0.25, 0.3) is 15.9 Å². The lowest BCUT2D eigenvalue weighted by Crippen LogP contribution is -2.31. The van der Waals surface area contributed by atoms with Crippen LogP contribution in [0.3, 0.4) is 0 Å². The van der Waals surface area contributed by atoms with Gasteiger partial charge in [-0.15, -0.1) is 0 Å². The molecule has 0 saturated heterocycles. The van der Waals surface area contributed by atoms with Gasteiger partial charge in [0.1, 0.15) is 11.8 Å². The van der Waals surface area contributed by atoms with Crippen LogP contribution in [-0.4, -0.2) is 38.1 Å². The van der Waals surface area contributed by atoms with Crippen molar-refractivity contribution < 1.29 is 64.5 Å². The number of nitrogens with one attached hydrogen (secondary N) is 2. The highest BCUT2D eigenvalue weighted by molar-refractivity contribution is 7.90. The van der Waals surface area contributed by atoms with E-state index in [1.165, 1.54) is 4.72 Å². The molecule has 214 valence electrons. The third-order valence-electron chi connectivity index (χ3n) is 5.11. The van der Waals surface area contributed by atoms with Crippen LogP contribution in [-0.2, 0) is 28.1 Å². The summed E-state index contributed by atoms with van der Waals surface area (Å²) in [7, 11) is -9.64. The van der Waals surface area contributed by atoms with Crippen molar-refractivity contribution >= 4 is 38.6 Å². The first-order valence-corrected chi connectivity index (χ1v) is 12.6. The molecule has 0 aliphatic heterocycles. The fourth-order valence-electron chi connectivity index (χ4n) is 3.35. The van der Waals surface area contributed by atoms with Gasteiger partial charge < -0.3 is 14.0 Å². The number of carbonyl (C=O) groups is 2. The van der Waals surface area contributed by atoms with Gasteiger partial charge in [0.05, 0.1) is 32.5 Å². The molecule has 1 aliphatic rings. The van der Waals surface area contributed by atoms with Gasteiger partial charge in [-0.3, -0.25) is 10.1 Å². The van der Waals surface area contributed by atoms with E-state index in [4.69, 9.17) is 43.7 Å². The Morgan fingerprint density at radius 3 is 2.76 bits per heavy atom. The molecule has 3 aromatic carbocycles. The topological polar surface area (TPSA) is 116 Å². The molecule has 1 heterocycles. The molecule has 0 bridgehead atoms. The molecule has 2 N–H and O–H groups in total. The van der Waals surface area contributed by atoms with E-state index in [9.17, 15) is 20.7 Å². The third kappa shape index (κ3) is 6.22. The van der Waals surface area contributed by atoms with Crippen molar-refractivity contribution in [3.63, 3.8) is 0 Å². The second-order valence-electron chi connectivity index (χ2n) is 7.81. The van der Waals surface area contributed by atoms with Crippen LogP contribution in [0.1, 0.15) is 89.6 Å². The normalized spacial score (nSPS) is 27.8. The van der Waals surface area contributed by atoms with E-state index in [-0.39, 0.29) is 4.57 Å². The summed E-state index contributed by atoms with van der Waals surface area (Å²) in [5.74, 6) is -3.90. The fourth-order valence-corrected chi connectivity index (χ4v) is 4.30. The Hall–Kier alpha value is -4.31. The lowest BCUT2D eigenvalue weighted by atomic mass is 10.0. The summed E-state index contributed by atoms with van der Waals surface area (Å²) >= 11 is 0. The molecule has 10 heteroatoms. The molecule has 1 aliphatic carbocycles. The highest BCUT2D eigenvalue weighted by atomic mass is 32.2. The average molecular weight is 603 g/mol. The predicted octanol–water partition coefficient (Wildman–Crippen LogP) is 5.70. The van der Waals surface area contributed by atoms with Crippen molar-refractivity contribution in [2.24, 2.45) is 6.98 Å². The number of aromatic nitrogens is 1. The first-order chi connectivity index (χ1) is 30.4. The number of carbonyl (C=O) groups excluding carboxylic acids is 2. The summed E-state index contributed by atoms with van der Waals surface area (Å²) in [6, 6.07) is -14.3. The molecule has 2 amide bonds. The van der Waals surface area contributed by atoms with E-state index in [1.54, 1.807) is 5.32 Å². The van der Waals surface area contributed by atoms with Crippen molar-refractivity contribution in [1.29, 1.82) is 0 Å². The van der Waals surface area contributed by atoms with E-state index in [0.29, 0.717) is 0 Å². The Morgan fingerprint density at radius 2 is 1.98 bits per heavy atom. The molecule has 1 aromatic heterocycles. The molecule has 4 aromatic rings. The van der Waals surface area contributed by atoms with Crippen molar-refractivity contribution in [3.8, 4) is 5.75 Å². The number of hydrogen-bond donors (Lipinski definition) is 2. The SMILES string of the molecule is [2H]c1c([2H])c([2H])c(S(=O)(=O)NC(=O)c2c([2H])c([2H])c(C([2H])([2H])c3c([2H])n(C([2H])([2H])[2H])c4c([2H])c([2H])c(NC(=O)OC5([2H])C([2H])([2H])CCC5([2H])[2H])c([2H])c34)c(OC([2H])([2H])[2H])c2[2H])c(C([2H])([2H])[2H])c1[2H]. The summed E-state index contributed by atoms with van der Waals surface area (Å²) < 4.78 is 262. The van der Waals surface area contributed by atoms with E-state index in [2.05, 4.69) is 0 Å². The Bertz CT molecular complexity index is 2930. The number of anilines is 1. The fraction of sp³-hybridized carbons (Fsp3) is 0.290. The standard InChI is InChI=1S/C31H33N3O6S/c1-20-8-4-7-11-29(20)41(37,38)33-30(35)22-13-12-21(28(17-22)39-3)16-23-19-34(2)27-15-14-24(18-26(23)27)32-31(36)40-25-9-5-6-10-25/h4,7-8,11-15,17-19,25H,5-6,9-10,16H2,1-3H3,(H,32,36)(H,33,35)/i1D3,2D3,3D3,4D,7D,8D,9D2,10D2,11D,12D,13D,14D,15D,16D2,17D,18D,19D,25D. The highest BCUT2D eigenvalue weighted by Gasteiger charge is 2.22. The van der Waals surface area contributed by atoms with Gasteiger partial charge >= 0.3 is 6.09 Å². The minimum atomic E-state index is -5.82. The van der Waals surface area contributed by atoms with Gasteiger partial charge in [-0.25, -0.2) is 17.9 Å². The minimum Gasteiger partial charge on any atom is -0.496 e. The molecule has 0 unspecified atom stereocenters. The Labute approximate surface area is 277 Å². The molecule has 0 spiro atoms. The molecular weight excluding hydrogens is 542 g/mol. The predicted molar refractivity (Wildman–Crippen MR) is 157 cm³/mol. The van der Waals surface area contributed by atoms with Crippen LogP contribution in [0.25, 0.3) is 10.9 Å². The van der Waals surface area contributed by atoms with Crippen LogP contribution < -0.4 is 14.8 Å². The number of hydrogen-bond acceptors (Lipinski definition) is 6. The molecule has 1 saturated carbocycles. The number of nitrogens with zero attached hydrogens (tertiary/aromatic N) is 1. The second-order valence-corrected chi connectivity index (χ2v) is 9.43. The maximum atomic E-state index is 13.8. The van der Waals surface area contributed by atoms with Crippen molar-refractivity contribution in [2.75, 3.05) is 12.4 Å². The number of fused-ring (bicyclic) bond motifs is 1. The maximum Gasteiger partial charge on any atom is 0.411 e. The van der Waals surface area contributed by atoms with E-state index < -0.39 is 197 Å². The van der Waals surface area contributed by atoms with Gasteiger partial charge in [-0.2, -0.15) is 0 Å². The first kappa shape index (κ1) is 10.2. The van der Waals surface area contributed by atoms with Crippen molar-refractivity contribution in [1.82, 2.24) is 9.29 Å². The van der Waals surface area contributed by atoms with Gasteiger partial charge in [0.2, 0.25) is 0 Å². The Morgan fingerprint density at radius 1 is 1.15 bits per heavy atom. The van der Waals surface area contributed by atoms with Crippen molar-refractivity contribution in [3.05, 3.63) is 88.9 Å². The lowest BCUT2D eigenvalue weighted by molar-refractivity contribution is 0.0980. The Balaban J connectivity index is 1.81. The van der Waals surface area contributed by atoms with Gasteiger partial charge in [-0.1, -0.05) is 24.2 Å². The number of aryl methyl sites for hydroxylation is 1. The van der Waals surface area contributed by atoms with Crippen LogP contribution in [0, 0.1) is 6.85 Å². The number of ether oxygens (including phenoxy) is 2. The summed E-state index contributed by atoms with van der Waals surface area (Å²) in [5, 5.41) is 0.587. The number of amides is 2. The zero-order valence-corrected chi connectivity index (χ0v) is 21.0. The summed E-state index contributed by atoms with van der Waals surface area (Å²) in [4.78, 5) is 25.3. The van der Waals surface area contributed by atoms with Gasteiger partial charge in [-0.05, 0) is 85.4 Å². The molecule has 5 rings (SSSR count). The number of benzene rings is 3. The third-order valence-corrected chi connectivity index (χ3v) is 6.41. The monoisotopic (exact) mass is 602 g/mol. The molecular formula is C31H33N3O6S. The summed E-state index contributed by atoms with van der Waals surface area (Å²) in [5.41, 5.74) is -8.50. The van der Waals surface area contributed by atoms with E-state index >= 15 is 0 Å². The lowest BCUT2D eigenvalue weighted by Gasteiger charge is -2.13. The van der Waals surface area contributed by atoms with Crippen molar-refractivity contribution in [2.45, 2.75) is 49.8 Å². The second kappa shape index (κ2) is 11.7. The minimum absolute atomic E-state index is 0.0634. The highest BCUT2D eigenvalue weighted by Crippen LogP contribution is 2.30. The number of methoxy groups -OCH3 is 1. The first-order valence-electron chi connectivity index (χ1n) is 24.6. The summed E-state index contributed by atoms with van der Waals surface area (Å²) in [6.45, 7) is -7.23. The smallest absolute Gasteiger partial charge is 0.411 e. The Kier molecular flexibility index (Phi) is 2.90. The van der Waals surface area contributed by atoms with Gasteiger partial charge in [0.15, 0.2) is 0 Å². The van der Waals surface area contributed by atoms with Crippen LogP contribution in [0.2, 0.25) is 0 Å². The van der Waals surface area contributed by atoms with Crippen LogP contribution in [0.4, 0.5) is 10.5 Å².